The van der Waals surface area contributed by atoms with Crippen molar-refractivity contribution in [2.45, 2.75) is 38.0 Å². The van der Waals surface area contributed by atoms with Gasteiger partial charge >= 0.3 is 0 Å². The first-order chi connectivity index (χ1) is 10.5. The third kappa shape index (κ3) is 5.42. The Kier molecular flexibility index (Phi) is 5.97. The fourth-order valence-electron chi connectivity index (χ4n) is 2.86. The number of rotatable bonds is 6. The van der Waals surface area contributed by atoms with Gasteiger partial charge in [-0.15, -0.1) is 0 Å². The van der Waals surface area contributed by atoms with Crippen LogP contribution in [0.1, 0.15) is 53.9 Å². The number of nitrogens with one attached hydrogen (secondary N) is 2. The first-order valence-corrected chi connectivity index (χ1v) is 9.67. The summed E-state index contributed by atoms with van der Waals surface area (Å²) in [6.07, 6.45) is 7.49. The van der Waals surface area contributed by atoms with Crippen LogP contribution in [-0.2, 0) is 10.0 Å². The van der Waals surface area contributed by atoms with E-state index >= 15 is 0 Å². The normalized spacial score (nSPS) is 16.4. The van der Waals surface area contributed by atoms with Crippen LogP contribution in [0.5, 0.6) is 0 Å². The van der Waals surface area contributed by atoms with E-state index in [0.717, 1.165) is 6.26 Å². The molecule has 0 saturated heterocycles. The maximum atomic E-state index is 12.0. The van der Waals surface area contributed by atoms with Gasteiger partial charge in [-0.25, -0.2) is 13.1 Å². The first-order valence-electron chi connectivity index (χ1n) is 7.78. The van der Waals surface area contributed by atoms with Gasteiger partial charge in [-0.1, -0.05) is 31.4 Å². The van der Waals surface area contributed by atoms with E-state index in [9.17, 15) is 13.2 Å². The molecule has 5 nitrogen and oxygen atoms in total. The van der Waals surface area contributed by atoms with Crippen molar-refractivity contribution in [3.05, 3.63) is 35.4 Å². The van der Waals surface area contributed by atoms with Crippen molar-refractivity contribution in [3.8, 4) is 0 Å². The zero-order valence-corrected chi connectivity index (χ0v) is 13.8. The maximum Gasteiger partial charge on any atom is 0.251 e. The van der Waals surface area contributed by atoms with Crippen LogP contribution in [0, 0.1) is 0 Å². The number of sulfonamides is 1. The molecule has 1 aliphatic carbocycles. The van der Waals surface area contributed by atoms with Crippen LogP contribution in [0.25, 0.3) is 0 Å². The van der Waals surface area contributed by atoms with E-state index < -0.39 is 10.0 Å². The smallest absolute Gasteiger partial charge is 0.251 e. The molecule has 0 unspecified atom stereocenters. The van der Waals surface area contributed by atoms with Crippen LogP contribution >= 0.6 is 0 Å². The van der Waals surface area contributed by atoms with Crippen molar-refractivity contribution in [3.63, 3.8) is 0 Å². The number of benzene rings is 1. The van der Waals surface area contributed by atoms with Crippen LogP contribution < -0.4 is 10.0 Å². The van der Waals surface area contributed by atoms with Gasteiger partial charge in [0, 0.05) is 18.7 Å². The summed E-state index contributed by atoms with van der Waals surface area (Å²) in [4.78, 5) is 12.0. The minimum absolute atomic E-state index is 0.175. The second-order valence-corrected chi connectivity index (χ2v) is 7.71. The number of hydrogen-bond donors (Lipinski definition) is 2. The topological polar surface area (TPSA) is 75.3 Å². The van der Waals surface area contributed by atoms with Gasteiger partial charge in [0.05, 0.1) is 6.26 Å². The zero-order chi connectivity index (χ0) is 16.0. The molecule has 2 N–H and O–H groups in total. The molecule has 0 aliphatic heterocycles. The number of carbonyl (C=O) groups excluding carboxylic acids is 1. The minimum atomic E-state index is -3.21. The maximum absolute atomic E-state index is 12.0. The quantitative estimate of drug-likeness (QED) is 0.786. The van der Waals surface area contributed by atoms with Gasteiger partial charge in [0.25, 0.3) is 5.91 Å². The third-order valence-corrected chi connectivity index (χ3v) is 4.75. The number of carbonyl (C=O) groups is 1. The van der Waals surface area contributed by atoms with Crippen LogP contribution in [-0.4, -0.2) is 33.7 Å². The van der Waals surface area contributed by atoms with Gasteiger partial charge in [-0.3, -0.25) is 4.79 Å². The Labute approximate surface area is 132 Å². The highest BCUT2D eigenvalue weighted by molar-refractivity contribution is 7.88. The highest BCUT2D eigenvalue weighted by atomic mass is 32.2. The molecule has 0 aromatic heterocycles. The van der Waals surface area contributed by atoms with Crippen molar-refractivity contribution in [2.24, 2.45) is 0 Å². The van der Waals surface area contributed by atoms with Crippen molar-refractivity contribution >= 4 is 15.9 Å². The fourth-order valence-corrected chi connectivity index (χ4v) is 3.33. The van der Waals surface area contributed by atoms with E-state index in [0.29, 0.717) is 11.5 Å². The Balaban J connectivity index is 1.83. The van der Waals surface area contributed by atoms with Crippen molar-refractivity contribution in [1.29, 1.82) is 0 Å². The van der Waals surface area contributed by atoms with Gasteiger partial charge in [0.2, 0.25) is 10.0 Å². The Bertz CT molecular complexity index is 590. The minimum Gasteiger partial charge on any atom is -0.351 e. The van der Waals surface area contributed by atoms with Crippen LogP contribution in [0.15, 0.2) is 24.3 Å². The monoisotopic (exact) mass is 324 g/mol. The summed E-state index contributed by atoms with van der Waals surface area (Å²) in [7, 11) is -3.21. The molecule has 0 spiro atoms. The van der Waals surface area contributed by atoms with E-state index in [1.54, 1.807) is 0 Å². The largest absolute Gasteiger partial charge is 0.351 e. The van der Waals surface area contributed by atoms with E-state index in [4.69, 9.17) is 0 Å². The SMILES string of the molecule is CS(=O)(=O)NCCNC(=O)c1ccc(C2CCCCC2)cc1. The van der Waals surface area contributed by atoms with Gasteiger partial charge in [-0.2, -0.15) is 0 Å². The average molecular weight is 324 g/mol. The second-order valence-electron chi connectivity index (χ2n) is 5.88. The highest BCUT2D eigenvalue weighted by Gasteiger charge is 2.15. The molecule has 0 bridgehead atoms. The molecule has 0 heterocycles. The van der Waals surface area contributed by atoms with Crippen molar-refractivity contribution in [2.75, 3.05) is 19.3 Å². The summed E-state index contributed by atoms with van der Waals surface area (Å²) in [6.45, 7) is 0.473. The average Bonchev–Trinajstić information content (AvgIpc) is 2.51. The fraction of sp³-hybridized carbons (Fsp3) is 0.562. The van der Waals surface area contributed by atoms with E-state index in [2.05, 4.69) is 10.0 Å². The molecule has 1 amide bonds. The van der Waals surface area contributed by atoms with Gasteiger partial charge in [0.15, 0.2) is 0 Å². The van der Waals surface area contributed by atoms with Crippen molar-refractivity contribution in [1.82, 2.24) is 10.0 Å². The van der Waals surface area contributed by atoms with Crippen LogP contribution in [0.3, 0.4) is 0 Å². The summed E-state index contributed by atoms with van der Waals surface area (Å²) in [6, 6.07) is 7.78. The molecular formula is C16H24N2O3S. The molecule has 0 atom stereocenters. The van der Waals surface area contributed by atoms with Gasteiger partial charge in [-0.05, 0) is 36.5 Å². The lowest BCUT2D eigenvalue weighted by Gasteiger charge is -2.22. The summed E-state index contributed by atoms with van der Waals surface area (Å²) in [5.41, 5.74) is 1.92. The molecule has 22 heavy (non-hydrogen) atoms. The Hall–Kier alpha value is -1.40. The molecule has 1 aliphatic rings. The molecule has 1 saturated carbocycles. The molecule has 1 aromatic rings. The molecule has 2 rings (SSSR count). The molecule has 1 aromatic carbocycles. The summed E-state index contributed by atoms with van der Waals surface area (Å²) >= 11 is 0. The Morgan fingerprint density at radius 2 is 1.73 bits per heavy atom. The van der Waals surface area contributed by atoms with Crippen molar-refractivity contribution < 1.29 is 13.2 Å². The summed E-state index contributed by atoms with van der Waals surface area (Å²) in [5, 5.41) is 2.70. The van der Waals surface area contributed by atoms with Gasteiger partial charge in [0.1, 0.15) is 0 Å². The number of hydrogen-bond acceptors (Lipinski definition) is 3. The molecule has 6 heteroatoms. The predicted octanol–water partition coefficient (Wildman–Crippen LogP) is 2.01. The molecular weight excluding hydrogens is 300 g/mol. The first kappa shape index (κ1) is 17.0. The Morgan fingerprint density at radius 1 is 1.09 bits per heavy atom. The molecule has 122 valence electrons. The van der Waals surface area contributed by atoms with Gasteiger partial charge < -0.3 is 5.32 Å². The van der Waals surface area contributed by atoms with E-state index in [-0.39, 0.29) is 19.0 Å². The summed E-state index contributed by atoms with van der Waals surface area (Å²) in [5.74, 6) is 0.454. The lowest BCUT2D eigenvalue weighted by atomic mass is 9.84. The highest BCUT2D eigenvalue weighted by Crippen LogP contribution is 2.32. The Morgan fingerprint density at radius 3 is 2.32 bits per heavy atom. The van der Waals surface area contributed by atoms with Crippen LogP contribution in [0.2, 0.25) is 0 Å². The lowest BCUT2D eigenvalue weighted by molar-refractivity contribution is 0.0954. The standard InChI is InChI=1S/C16H24N2O3S/c1-22(20,21)18-12-11-17-16(19)15-9-7-14(8-10-15)13-5-3-2-4-6-13/h7-10,13,18H,2-6,11-12H2,1H3,(H,17,19). The number of amides is 1. The lowest BCUT2D eigenvalue weighted by Crippen LogP contribution is -2.34. The zero-order valence-electron chi connectivity index (χ0n) is 13.0. The molecule has 0 radical (unpaired) electrons. The van der Waals surface area contributed by atoms with E-state index in [1.165, 1.54) is 37.7 Å². The predicted molar refractivity (Wildman–Crippen MR) is 87.4 cm³/mol. The summed E-state index contributed by atoms with van der Waals surface area (Å²) < 4.78 is 24.2. The van der Waals surface area contributed by atoms with Crippen LogP contribution in [0.4, 0.5) is 0 Å². The molecule has 1 fully saturated rings. The van der Waals surface area contributed by atoms with E-state index in [1.807, 2.05) is 24.3 Å². The second kappa shape index (κ2) is 7.74. The third-order valence-electron chi connectivity index (χ3n) is 4.02.